The highest BCUT2D eigenvalue weighted by Gasteiger charge is 2.30. The fraction of sp³-hybridized carbons (Fsp3) is 0. The van der Waals surface area contributed by atoms with E-state index in [1.165, 1.54) is 163 Å². The van der Waals surface area contributed by atoms with Crippen LogP contribution in [0.2, 0.25) is 0 Å². The Kier molecular flexibility index (Phi) is 17.2. The molecule has 0 saturated carbocycles. The van der Waals surface area contributed by atoms with Gasteiger partial charge < -0.3 is 4.57 Å². The zero-order valence-electron chi connectivity index (χ0n) is 67.4. The Balaban J connectivity index is 0.000000105. The standard InChI is InChI=1S/C43H25N.C39H26NOP.C37H23N/c1-3-10-34-26(6-1)18-24-37-40(38-25-19-27-7-2-4-11-35(27)43(38)44-42(34)37)31-14-12-28(13-15-31)33-22-20-32-17-16-29-8-5-9-30-21-23-36(33)41(32)39(29)30;41-42(30-13-3-1-4-14-30,31-15-5-2-6-16-31)32-23-19-29(20-24-32)37-35-25-21-27-11-7-9-17-33(27)38(35)40-39-34-18-10-8-12-28(34)22-26-36(37)39;1-2-11-27-22-29(17-16-24(27)8-1)28-12-7-13-30(23-28)35-33-20-18-25-9-3-5-14-31(25)36(33)38-37-32-15-6-4-10-26(32)19-21-34(35)37/h1-25H;1-26H;1-23H. The van der Waals surface area contributed by atoms with Crippen LogP contribution in [0.25, 0.3) is 229 Å². The molecule has 0 spiro atoms. The molecule has 0 aliphatic rings. The fourth-order valence-electron chi connectivity index (χ4n) is 19.8. The van der Waals surface area contributed by atoms with E-state index in [1.54, 1.807) is 0 Å². The first-order valence-electron chi connectivity index (χ1n) is 42.5. The fourth-order valence-corrected chi connectivity index (χ4v) is 22.4. The highest BCUT2D eigenvalue weighted by atomic mass is 31.2. The highest BCUT2D eigenvalue weighted by Crippen LogP contribution is 2.48. The minimum atomic E-state index is -3.06. The number of rotatable bonds is 8. The summed E-state index contributed by atoms with van der Waals surface area (Å²) in [6.07, 6.45) is 0. The van der Waals surface area contributed by atoms with E-state index in [2.05, 4.69) is 388 Å². The second-order valence-corrected chi connectivity index (χ2v) is 35.3. The molecule has 0 aliphatic heterocycles. The van der Waals surface area contributed by atoms with Crippen LogP contribution in [-0.2, 0) is 4.57 Å². The Morgan fingerprint density at radius 1 is 0.153 bits per heavy atom. The monoisotopic (exact) mass is 1590 g/mol. The maximum absolute atomic E-state index is 15.0. The number of benzene rings is 23. The Labute approximate surface area is 715 Å². The molecule has 4 nitrogen and oxygen atoms in total. The minimum absolute atomic E-state index is 0.821. The molecule has 0 N–H and O–H groups in total. The number of fused-ring (bicyclic) bond motifs is 19. The van der Waals surface area contributed by atoms with Gasteiger partial charge in [0.2, 0.25) is 0 Å². The van der Waals surface area contributed by atoms with Crippen LogP contribution in [0.15, 0.2) is 449 Å². The smallest absolute Gasteiger partial charge is 0.171 e. The number of nitrogens with zero attached hydrogens (tertiary/aromatic N) is 3. The minimum Gasteiger partial charge on any atom is -0.309 e. The largest absolute Gasteiger partial charge is 0.309 e. The van der Waals surface area contributed by atoms with Crippen LogP contribution in [-0.4, -0.2) is 15.0 Å². The van der Waals surface area contributed by atoms with Gasteiger partial charge in [-0.25, -0.2) is 15.0 Å². The van der Waals surface area contributed by atoms with Crippen LogP contribution >= 0.6 is 7.14 Å². The lowest BCUT2D eigenvalue weighted by Crippen LogP contribution is -2.24. The molecule has 5 heteroatoms. The van der Waals surface area contributed by atoms with Gasteiger partial charge in [-0.15, -0.1) is 0 Å². The number of aromatic nitrogens is 3. The Morgan fingerprint density at radius 3 is 0.839 bits per heavy atom. The lowest BCUT2D eigenvalue weighted by molar-refractivity contribution is 0.592. The lowest BCUT2D eigenvalue weighted by Gasteiger charge is -2.20. The molecule has 0 saturated heterocycles. The van der Waals surface area contributed by atoms with Gasteiger partial charge in [0.15, 0.2) is 7.14 Å². The molecule has 3 heterocycles. The molecule has 0 radical (unpaired) electrons. The van der Waals surface area contributed by atoms with Gasteiger partial charge in [0.05, 0.1) is 33.1 Å². The maximum Gasteiger partial charge on any atom is 0.171 e. The molecule has 0 aliphatic carbocycles. The van der Waals surface area contributed by atoms with Crippen LogP contribution in [0.4, 0.5) is 0 Å². The molecular formula is C119H74N3OP. The molecule has 3 aromatic heterocycles. The summed E-state index contributed by atoms with van der Waals surface area (Å²) < 4.78 is 15.0. The summed E-state index contributed by atoms with van der Waals surface area (Å²) in [6, 6.07) is 160. The van der Waals surface area contributed by atoms with Crippen molar-refractivity contribution in [3.8, 4) is 55.6 Å². The van der Waals surface area contributed by atoms with Crippen LogP contribution < -0.4 is 15.9 Å². The molecule has 576 valence electrons. The summed E-state index contributed by atoms with van der Waals surface area (Å²) in [5, 5.41) is 34.1. The summed E-state index contributed by atoms with van der Waals surface area (Å²) in [6.45, 7) is 0. The van der Waals surface area contributed by atoms with E-state index in [1.807, 2.05) is 60.7 Å². The third-order valence-electron chi connectivity index (χ3n) is 25.7. The second kappa shape index (κ2) is 29.6. The Morgan fingerprint density at radius 2 is 0.419 bits per heavy atom. The predicted molar refractivity (Wildman–Crippen MR) is 531 cm³/mol. The van der Waals surface area contributed by atoms with E-state index >= 15 is 0 Å². The van der Waals surface area contributed by atoms with E-state index in [9.17, 15) is 4.57 Å². The molecule has 0 amide bonds. The summed E-state index contributed by atoms with van der Waals surface area (Å²) in [5.41, 5.74) is 18.3. The highest BCUT2D eigenvalue weighted by molar-refractivity contribution is 7.85. The molecule has 23 aromatic carbocycles. The van der Waals surface area contributed by atoms with Gasteiger partial charge in [-0.05, 0) is 126 Å². The second-order valence-electron chi connectivity index (χ2n) is 32.6. The van der Waals surface area contributed by atoms with E-state index in [4.69, 9.17) is 15.0 Å². The van der Waals surface area contributed by atoms with Crippen molar-refractivity contribution in [2.45, 2.75) is 0 Å². The van der Waals surface area contributed by atoms with Crippen LogP contribution in [0, 0.1) is 0 Å². The zero-order chi connectivity index (χ0) is 81.9. The van der Waals surface area contributed by atoms with Crippen molar-refractivity contribution in [3.63, 3.8) is 0 Å². The maximum atomic E-state index is 15.0. The van der Waals surface area contributed by atoms with E-state index in [-0.39, 0.29) is 0 Å². The normalized spacial score (nSPS) is 11.9. The Bertz CT molecular complexity index is 8560. The lowest BCUT2D eigenvalue weighted by atomic mass is 9.88. The topological polar surface area (TPSA) is 55.7 Å². The van der Waals surface area contributed by atoms with Gasteiger partial charge in [-0.2, -0.15) is 0 Å². The molecule has 0 fully saturated rings. The average Bonchev–Trinajstić information content (AvgIpc) is 0.742. The molecule has 26 rings (SSSR count). The number of pyridine rings is 3. The predicted octanol–water partition coefficient (Wildman–Crippen LogP) is 31.1. The van der Waals surface area contributed by atoms with Gasteiger partial charge in [-0.1, -0.05) is 437 Å². The zero-order valence-corrected chi connectivity index (χ0v) is 68.3. The summed E-state index contributed by atoms with van der Waals surface area (Å²) in [4.78, 5) is 16.0. The van der Waals surface area contributed by atoms with Crippen LogP contribution in [0.1, 0.15) is 0 Å². The average molecular weight is 1590 g/mol. The van der Waals surface area contributed by atoms with Crippen molar-refractivity contribution in [1.82, 2.24) is 15.0 Å². The van der Waals surface area contributed by atoms with Crippen molar-refractivity contribution in [2.24, 2.45) is 0 Å². The first-order valence-corrected chi connectivity index (χ1v) is 44.2. The van der Waals surface area contributed by atoms with Gasteiger partial charge in [0.1, 0.15) is 0 Å². The van der Waals surface area contributed by atoms with Crippen LogP contribution in [0.5, 0.6) is 0 Å². The van der Waals surface area contributed by atoms with Gasteiger partial charge in [-0.3, -0.25) is 0 Å². The van der Waals surface area contributed by atoms with E-state index in [0.717, 1.165) is 81.7 Å². The summed E-state index contributed by atoms with van der Waals surface area (Å²) in [7, 11) is -3.06. The third kappa shape index (κ3) is 12.0. The van der Waals surface area contributed by atoms with Gasteiger partial charge >= 0.3 is 0 Å². The first-order chi connectivity index (χ1) is 61.4. The van der Waals surface area contributed by atoms with Crippen molar-refractivity contribution >= 4 is 196 Å². The molecule has 0 unspecified atom stereocenters. The first kappa shape index (κ1) is 72.2. The quantitative estimate of drug-likeness (QED) is 0.0864. The van der Waals surface area contributed by atoms with E-state index < -0.39 is 7.14 Å². The van der Waals surface area contributed by atoms with Gasteiger partial charge in [0, 0.05) is 97.2 Å². The molecule has 26 aromatic rings. The van der Waals surface area contributed by atoms with Crippen LogP contribution in [0.3, 0.4) is 0 Å². The van der Waals surface area contributed by atoms with Crippen molar-refractivity contribution < 1.29 is 4.57 Å². The van der Waals surface area contributed by atoms with Crippen molar-refractivity contribution in [2.75, 3.05) is 0 Å². The number of hydrogen-bond donors (Lipinski definition) is 0. The summed E-state index contributed by atoms with van der Waals surface area (Å²) in [5.74, 6) is 0. The van der Waals surface area contributed by atoms with Gasteiger partial charge in [0.25, 0.3) is 0 Å². The number of hydrogen-bond acceptors (Lipinski definition) is 4. The third-order valence-corrected chi connectivity index (χ3v) is 28.8. The molecule has 124 heavy (non-hydrogen) atoms. The molecule has 0 bridgehead atoms. The Hall–Kier alpha value is -15.8. The summed E-state index contributed by atoms with van der Waals surface area (Å²) >= 11 is 0. The van der Waals surface area contributed by atoms with E-state index in [0.29, 0.717) is 0 Å². The SMILES string of the molecule is O=P(c1ccccc1)(c1ccccc1)c1ccc(-c2c3ccc4ccccc4c3nc3c2ccc2ccccc23)cc1.c1cc(-c2ccc3ccccc3c2)cc(-c2c3ccc4ccccc4c3nc3c2ccc2ccccc23)c1.c1ccc2c(c1)ccc1c(-c3ccc(-c4ccc5ccc6cccc7ccc4c5c67)cc3)c3ccc4ccccc4c3nc12. The van der Waals surface area contributed by atoms with Crippen molar-refractivity contribution in [3.05, 3.63) is 449 Å². The van der Waals surface area contributed by atoms with Crippen molar-refractivity contribution in [1.29, 1.82) is 0 Å². The molecular weight excluding hydrogens is 1520 g/mol. The molecule has 0 atom stereocenters.